The number of nitrogens with zero attached hydrogens (tertiary/aromatic N) is 1. The molecule has 8 nitrogen and oxygen atoms in total. The number of sulfonamides is 1. The molecule has 10 heteroatoms. The molecule has 2 rings (SSSR count). The van der Waals surface area contributed by atoms with E-state index in [4.69, 9.17) is 4.74 Å². The average molecular weight is 464 g/mol. The fourth-order valence-corrected chi connectivity index (χ4v) is 3.64. The molecule has 0 aliphatic carbocycles. The molecule has 0 spiro atoms. The maximum atomic E-state index is 14.5. The molecule has 0 heterocycles. The number of hydrogen-bond acceptors (Lipinski definition) is 5. The number of carbonyl (C=O) groups excluding carboxylic acids is 2. The zero-order valence-electron chi connectivity index (χ0n) is 18.3. The van der Waals surface area contributed by atoms with Crippen LogP contribution in [0.3, 0.4) is 0 Å². The van der Waals surface area contributed by atoms with Gasteiger partial charge in [-0.05, 0) is 44.5 Å². The van der Waals surface area contributed by atoms with Crippen molar-refractivity contribution in [2.45, 2.75) is 44.6 Å². The van der Waals surface area contributed by atoms with Crippen LogP contribution in [-0.2, 0) is 26.0 Å². The second-order valence-electron chi connectivity index (χ2n) is 7.80. The molecule has 0 saturated heterocycles. The summed E-state index contributed by atoms with van der Waals surface area (Å²) in [4.78, 5) is 28.5. The number of benzene rings is 2. The second-order valence-corrected chi connectivity index (χ2v) is 9.57. The number of aliphatic imine (C=N–C) groups is 1. The molecular formula is C22H26FN3O5S. The van der Waals surface area contributed by atoms with Crippen LogP contribution in [0.2, 0.25) is 0 Å². The van der Waals surface area contributed by atoms with Gasteiger partial charge in [0.2, 0.25) is 10.0 Å². The topological polar surface area (TPSA) is 114 Å². The highest BCUT2D eigenvalue weighted by molar-refractivity contribution is 7.89. The summed E-state index contributed by atoms with van der Waals surface area (Å²) in [5.41, 5.74) is -0.545. The molecule has 2 N–H and O–H groups in total. The molecular weight excluding hydrogens is 437 g/mol. The van der Waals surface area contributed by atoms with Gasteiger partial charge >= 0.3 is 6.09 Å². The van der Waals surface area contributed by atoms with Crippen LogP contribution in [0.1, 0.15) is 33.3 Å². The van der Waals surface area contributed by atoms with E-state index >= 15 is 0 Å². The smallest absolute Gasteiger partial charge is 0.434 e. The molecule has 2 aromatic rings. The molecule has 172 valence electrons. The van der Waals surface area contributed by atoms with Crippen molar-refractivity contribution >= 4 is 33.4 Å². The van der Waals surface area contributed by atoms with Gasteiger partial charge in [0.15, 0.2) is 0 Å². The fourth-order valence-electron chi connectivity index (χ4n) is 2.59. The molecule has 0 saturated carbocycles. The maximum absolute atomic E-state index is 14.5. The molecule has 0 fully saturated rings. The first-order chi connectivity index (χ1) is 14.9. The van der Waals surface area contributed by atoms with Crippen LogP contribution in [0.5, 0.6) is 0 Å². The van der Waals surface area contributed by atoms with Gasteiger partial charge in [-0.1, -0.05) is 37.3 Å². The Morgan fingerprint density at radius 3 is 2.31 bits per heavy atom. The van der Waals surface area contributed by atoms with Crippen molar-refractivity contribution in [1.29, 1.82) is 0 Å². The number of anilines is 1. The largest absolute Gasteiger partial charge is 0.442 e. The van der Waals surface area contributed by atoms with Gasteiger partial charge in [0.25, 0.3) is 5.91 Å². The Balaban J connectivity index is 2.30. The standard InChI is InChI=1S/C22H26FN3O5S/c1-5-24-32(29,30)16-11-12-18(17(23)14-16)25-20(27)19(13-15-9-7-6-8-10-15)26-21(28)31-22(2,3)4/h6-12,14,24H,5,13H2,1-4H3,(H,25,27)/b26-19-. The molecule has 0 aliphatic rings. The molecule has 0 radical (unpaired) electrons. The lowest BCUT2D eigenvalue weighted by Crippen LogP contribution is -2.28. The van der Waals surface area contributed by atoms with E-state index in [9.17, 15) is 22.4 Å². The summed E-state index contributed by atoms with van der Waals surface area (Å²) in [6, 6.07) is 11.9. The predicted octanol–water partition coefficient (Wildman–Crippen LogP) is 3.68. The van der Waals surface area contributed by atoms with Gasteiger partial charge in [-0.2, -0.15) is 4.99 Å². The average Bonchev–Trinajstić information content (AvgIpc) is 2.68. The zero-order chi connectivity index (χ0) is 23.9. The molecule has 0 aromatic heterocycles. The van der Waals surface area contributed by atoms with E-state index in [-0.39, 0.29) is 29.3 Å². The van der Waals surface area contributed by atoms with Crippen molar-refractivity contribution in [2.75, 3.05) is 11.9 Å². The van der Waals surface area contributed by atoms with E-state index in [0.29, 0.717) is 5.56 Å². The van der Waals surface area contributed by atoms with Gasteiger partial charge < -0.3 is 10.1 Å². The van der Waals surface area contributed by atoms with Gasteiger partial charge in [0, 0.05) is 13.0 Å². The first-order valence-electron chi connectivity index (χ1n) is 9.86. The minimum atomic E-state index is -3.86. The van der Waals surface area contributed by atoms with Crippen molar-refractivity contribution in [1.82, 2.24) is 4.72 Å². The molecule has 0 atom stereocenters. The van der Waals surface area contributed by atoms with Crippen LogP contribution in [0.25, 0.3) is 0 Å². The van der Waals surface area contributed by atoms with Crippen molar-refractivity contribution < 1.29 is 27.1 Å². The molecule has 0 unspecified atom stereocenters. The van der Waals surface area contributed by atoms with E-state index in [0.717, 1.165) is 12.1 Å². The molecule has 0 bridgehead atoms. The van der Waals surface area contributed by atoms with Crippen LogP contribution in [0.15, 0.2) is 58.4 Å². The Bertz CT molecular complexity index is 1110. The second kappa shape index (κ2) is 10.5. The predicted molar refractivity (Wildman–Crippen MR) is 120 cm³/mol. The Morgan fingerprint density at radius 1 is 1.09 bits per heavy atom. The Hall–Kier alpha value is -3.11. The summed E-state index contributed by atoms with van der Waals surface area (Å²) in [5, 5.41) is 2.34. The minimum absolute atomic E-state index is 0.000415. The number of amides is 2. The lowest BCUT2D eigenvalue weighted by Gasteiger charge is -2.18. The van der Waals surface area contributed by atoms with Crippen molar-refractivity contribution in [3.63, 3.8) is 0 Å². The summed E-state index contributed by atoms with van der Waals surface area (Å²) in [6.45, 7) is 6.73. The molecule has 32 heavy (non-hydrogen) atoms. The minimum Gasteiger partial charge on any atom is -0.442 e. The number of ether oxygens (including phenoxy) is 1. The third-order valence-corrected chi connectivity index (χ3v) is 5.47. The Labute approximate surface area is 186 Å². The van der Waals surface area contributed by atoms with Crippen LogP contribution in [-0.4, -0.2) is 38.3 Å². The van der Waals surface area contributed by atoms with E-state index in [1.54, 1.807) is 58.0 Å². The van der Waals surface area contributed by atoms with Crippen molar-refractivity contribution in [2.24, 2.45) is 4.99 Å². The van der Waals surface area contributed by atoms with Gasteiger partial charge in [-0.15, -0.1) is 0 Å². The van der Waals surface area contributed by atoms with Crippen LogP contribution < -0.4 is 10.0 Å². The summed E-state index contributed by atoms with van der Waals surface area (Å²) in [7, 11) is -3.86. The zero-order valence-corrected chi connectivity index (χ0v) is 19.1. The third kappa shape index (κ3) is 7.54. The van der Waals surface area contributed by atoms with Gasteiger partial charge in [0.1, 0.15) is 17.1 Å². The number of hydrogen-bond donors (Lipinski definition) is 2. The van der Waals surface area contributed by atoms with Gasteiger partial charge in [-0.3, -0.25) is 4.79 Å². The first-order valence-corrected chi connectivity index (χ1v) is 11.3. The summed E-state index contributed by atoms with van der Waals surface area (Å²) < 4.78 is 46.0. The van der Waals surface area contributed by atoms with Crippen molar-refractivity contribution in [3.05, 3.63) is 59.9 Å². The Morgan fingerprint density at radius 2 is 1.75 bits per heavy atom. The SMILES string of the molecule is CCNS(=O)(=O)c1ccc(NC(=O)/C(Cc2ccccc2)=N\C(=O)OC(C)(C)C)c(F)c1. The normalized spacial score (nSPS) is 12.3. The number of rotatable bonds is 7. The van der Waals surface area contributed by atoms with Gasteiger partial charge in [-0.25, -0.2) is 22.3 Å². The number of nitrogens with one attached hydrogen (secondary N) is 2. The van der Waals surface area contributed by atoms with E-state index in [1.165, 1.54) is 6.07 Å². The quantitative estimate of drug-likeness (QED) is 0.608. The maximum Gasteiger partial charge on any atom is 0.434 e. The summed E-state index contributed by atoms with van der Waals surface area (Å²) >= 11 is 0. The monoisotopic (exact) mass is 463 g/mol. The summed E-state index contributed by atoms with van der Waals surface area (Å²) in [5.74, 6) is -1.77. The molecule has 0 aliphatic heterocycles. The van der Waals surface area contributed by atoms with E-state index < -0.39 is 33.4 Å². The van der Waals surface area contributed by atoms with Crippen LogP contribution in [0, 0.1) is 5.82 Å². The molecule has 2 aromatic carbocycles. The lowest BCUT2D eigenvalue weighted by molar-refractivity contribution is -0.110. The van der Waals surface area contributed by atoms with E-state index in [1.807, 2.05) is 0 Å². The van der Waals surface area contributed by atoms with Crippen LogP contribution >= 0.6 is 0 Å². The van der Waals surface area contributed by atoms with Crippen LogP contribution in [0.4, 0.5) is 14.9 Å². The lowest BCUT2D eigenvalue weighted by atomic mass is 10.1. The van der Waals surface area contributed by atoms with E-state index in [2.05, 4.69) is 15.0 Å². The Kier molecular flexibility index (Phi) is 8.23. The van der Waals surface area contributed by atoms with Gasteiger partial charge in [0.05, 0.1) is 10.6 Å². The number of carbonyl (C=O) groups is 2. The van der Waals surface area contributed by atoms with Crippen molar-refractivity contribution in [3.8, 4) is 0 Å². The summed E-state index contributed by atoms with van der Waals surface area (Å²) in [6.07, 6.45) is -0.952. The highest BCUT2D eigenvalue weighted by atomic mass is 32.2. The molecule has 2 amide bonds. The highest BCUT2D eigenvalue weighted by Crippen LogP contribution is 2.19. The third-order valence-electron chi connectivity index (χ3n) is 3.93. The number of halogens is 1. The highest BCUT2D eigenvalue weighted by Gasteiger charge is 2.21. The first kappa shape index (κ1) is 25.2. The fraction of sp³-hybridized carbons (Fsp3) is 0.318.